The summed E-state index contributed by atoms with van der Waals surface area (Å²) in [7, 11) is -4.45. The zero-order valence-electron chi connectivity index (χ0n) is 27.9. The molecule has 0 aromatic heterocycles. The number of fused-ring (bicyclic) bond motifs is 5. The van der Waals surface area contributed by atoms with Crippen LogP contribution >= 0.6 is 0 Å². The van der Waals surface area contributed by atoms with Crippen LogP contribution in [0.3, 0.4) is 0 Å². The molecule has 4 fully saturated rings. The van der Waals surface area contributed by atoms with Crippen molar-refractivity contribution in [3.05, 3.63) is 0 Å². The molecule has 0 spiro atoms. The van der Waals surface area contributed by atoms with E-state index in [1.807, 2.05) is 13.8 Å². The van der Waals surface area contributed by atoms with Gasteiger partial charge in [0.1, 0.15) is 0 Å². The van der Waals surface area contributed by atoms with E-state index in [0.717, 1.165) is 58.3 Å². The Morgan fingerprint density at radius 2 is 1.60 bits per heavy atom. The summed E-state index contributed by atoms with van der Waals surface area (Å²) in [4.78, 5) is 0. The zero-order valence-corrected chi connectivity index (χ0v) is 28.7. The van der Waals surface area contributed by atoms with Crippen LogP contribution in [0.25, 0.3) is 0 Å². The van der Waals surface area contributed by atoms with Crippen LogP contribution in [0.15, 0.2) is 0 Å². The highest BCUT2D eigenvalue weighted by molar-refractivity contribution is 7.80. The predicted octanol–water partition coefficient (Wildman–Crippen LogP) is 5.55. The number of hydrogen-bond donors (Lipinski definition) is 5. The molecule has 4 rings (SSSR count). The average Bonchev–Trinajstić information content (AvgIpc) is 3.29. The van der Waals surface area contributed by atoms with Gasteiger partial charge < -0.3 is 21.5 Å². The van der Waals surface area contributed by atoms with Crippen molar-refractivity contribution in [2.45, 2.75) is 136 Å². The normalized spacial score (nSPS) is 39.2. The molecule has 0 amide bonds. The Bertz CT molecular complexity index is 981. The molecule has 0 radical (unpaired) electrons. The van der Waals surface area contributed by atoms with Gasteiger partial charge in [0.05, 0.1) is 12.2 Å². The van der Waals surface area contributed by atoms with Crippen molar-refractivity contribution < 1.29 is 22.3 Å². The van der Waals surface area contributed by atoms with Crippen molar-refractivity contribution in [1.82, 2.24) is 10.6 Å². The van der Waals surface area contributed by atoms with Gasteiger partial charge in [0, 0.05) is 6.04 Å². The molecule has 9 heteroatoms. The van der Waals surface area contributed by atoms with Crippen LogP contribution in [0, 0.1) is 52.3 Å². The molecule has 252 valence electrons. The summed E-state index contributed by atoms with van der Waals surface area (Å²) in [6.45, 7) is 15.3. The second-order valence-corrected chi connectivity index (χ2v) is 17.0. The number of aliphatic hydroxyl groups excluding tert-OH is 1. The van der Waals surface area contributed by atoms with Gasteiger partial charge in [-0.1, -0.05) is 34.6 Å². The molecule has 43 heavy (non-hydrogen) atoms. The van der Waals surface area contributed by atoms with Gasteiger partial charge in [0.25, 0.3) is 0 Å². The molecule has 0 aromatic rings. The number of rotatable bonds is 16. The number of unbranched alkanes of at least 4 members (excludes halogenated alkanes) is 1. The van der Waals surface area contributed by atoms with Crippen LogP contribution in [-0.2, 0) is 14.6 Å². The molecule has 0 saturated heterocycles. The van der Waals surface area contributed by atoms with Crippen LogP contribution in [0.4, 0.5) is 0 Å². The van der Waals surface area contributed by atoms with Crippen molar-refractivity contribution >= 4 is 10.4 Å². The Morgan fingerprint density at radius 1 is 0.907 bits per heavy atom. The summed E-state index contributed by atoms with van der Waals surface area (Å²) in [5.74, 6) is 3.21. The third-order valence-electron chi connectivity index (χ3n) is 13.1. The monoisotopic (exact) mass is 627 g/mol. The molecule has 4 saturated carbocycles. The van der Waals surface area contributed by atoms with Gasteiger partial charge in [-0.3, -0.25) is 4.55 Å². The minimum Gasteiger partial charge on any atom is -0.393 e. The van der Waals surface area contributed by atoms with E-state index in [0.29, 0.717) is 53.4 Å². The van der Waals surface area contributed by atoms with Gasteiger partial charge in [0.2, 0.25) is 0 Å². The van der Waals surface area contributed by atoms with Crippen molar-refractivity contribution in [2.75, 3.05) is 26.2 Å². The fraction of sp³-hybridized carbons (Fsp3) is 1.00. The molecule has 0 bridgehead atoms. The van der Waals surface area contributed by atoms with E-state index >= 15 is 0 Å². The molecule has 0 heterocycles. The molecule has 8 nitrogen and oxygen atoms in total. The first-order valence-corrected chi connectivity index (χ1v) is 19.1. The van der Waals surface area contributed by atoms with E-state index in [2.05, 4.69) is 31.4 Å². The summed E-state index contributed by atoms with van der Waals surface area (Å²) in [6.07, 6.45) is 13.7. The molecule has 4 aliphatic rings. The van der Waals surface area contributed by atoms with Crippen LogP contribution in [0.2, 0.25) is 0 Å². The first-order valence-electron chi connectivity index (χ1n) is 17.8. The lowest BCUT2D eigenvalue weighted by atomic mass is 9.43. The van der Waals surface area contributed by atoms with Crippen molar-refractivity contribution in [2.24, 2.45) is 58.0 Å². The number of nitrogens with one attached hydrogen (secondary N) is 2. The summed E-state index contributed by atoms with van der Waals surface area (Å²) < 4.78 is 37.1. The maximum atomic E-state index is 11.8. The maximum absolute atomic E-state index is 11.8. The minimum atomic E-state index is -4.45. The largest absolute Gasteiger partial charge is 0.397 e. The first-order chi connectivity index (χ1) is 20.3. The highest BCUT2D eigenvalue weighted by Crippen LogP contribution is 2.68. The fourth-order valence-corrected chi connectivity index (χ4v) is 11.3. The second-order valence-electron chi connectivity index (χ2n) is 15.9. The van der Waals surface area contributed by atoms with Crippen molar-refractivity contribution in [3.63, 3.8) is 0 Å². The van der Waals surface area contributed by atoms with Crippen molar-refractivity contribution in [3.8, 4) is 0 Å². The fourth-order valence-electron chi connectivity index (χ4n) is 10.7. The van der Waals surface area contributed by atoms with Crippen LogP contribution in [0.1, 0.15) is 118 Å². The molecule has 5 unspecified atom stereocenters. The van der Waals surface area contributed by atoms with E-state index in [4.69, 9.17) is 9.92 Å². The lowest BCUT2D eigenvalue weighted by Crippen LogP contribution is -2.59. The van der Waals surface area contributed by atoms with Gasteiger partial charge in [-0.15, -0.1) is 0 Å². The lowest BCUT2D eigenvalue weighted by molar-refractivity contribution is -0.167. The number of nitrogens with two attached hydrogens (primary N) is 1. The van der Waals surface area contributed by atoms with E-state index < -0.39 is 16.5 Å². The molecule has 11 atom stereocenters. The SMILES string of the molecule is CC(C)[C@@H](CC[C@@H](C)C1CCC2C3C(O)C[C@H]4C[C@@H](NCCCNCCCCN)CC[C@]4(C)C3CC[C@@]21C)OS(=O)(=O)O. The molecular formula is C34H65N3O5S. The molecular weight excluding hydrogens is 562 g/mol. The maximum Gasteiger partial charge on any atom is 0.397 e. The van der Waals surface area contributed by atoms with E-state index in [1.54, 1.807) is 0 Å². The van der Waals surface area contributed by atoms with Gasteiger partial charge >= 0.3 is 10.4 Å². The standard InChI is InChI=1S/C34H65N3O5S/c1-23(2)31(42-43(39,40)41)12-9-24(3)27-10-11-28-32-29(14-16-34(27,28)5)33(4)15-13-26(21-25(33)22-30(32)38)37-20-8-19-36-18-7-6-17-35/h23-32,36-38H,6-22,35H2,1-5H3,(H,39,40,41)/t24-,25-,26+,27?,28?,29?,30?,31-,32?,33+,34-/m1/s1. The Balaban J connectivity index is 1.32. The smallest absolute Gasteiger partial charge is 0.393 e. The van der Waals surface area contributed by atoms with E-state index in [1.165, 1.54) is 44.9 Å². The summed E-state index contributed by atoms with van der Waals surface area (Å²) in [6, 6.07) is 0.573. The zero-order chi connectivity index (χ0) is 31.4. The topological polar surface area (TPSA) is 134 Å². The average molecular weight is 628 g/mol. The summed E-state index contributed by atoms with van der Waals surface area (Å²) in [5, 5.41) is 19.2. The van der Waals surface area contributed by atoms with Crippen molar-refractivity contribution in [1.29, 1.82) is 0 Å². The number of hydrogen-bond acceptors (Lipinski definition) is 7. The molecule has 0 aromatic carbocycles. The third-order valence-corrected chi connectivity index (χ3v) is 13.6. The Labute approximate surface area is 263 Å². The van der Waals surface area contributed by atoms with E-state index in [-0.39, 0.29) is 17.4 Å². The summed E-state index contributed by atoms with van der Waals surface area (Å²) in [5.41, 5.74) is 6.13. The lowest BCUT2D eigenvalue weighted by Gasteiger charge is -2.62. The van der Waals surface area contributed by atoms with Gasteiger partial charge in [-0.25, -0.2) is 4.18 Å². The van der Waals surface area contributed by atoms with Crippen LogP contribution < -0.4 is 16.4 Å². The Hall–Kier alpha value is -0.290. The highest BCUT2D eigenvalue weighted by Gasteiger charge is 2.62. The molecule has 6 N–H and O–H groups in total. The van der Waals surface area contributed by atoms with Crippen LogP contribution in [0.5, 0.6) is 0 Å². The number of aliphatic hydroxyl groups is 1. The quantitative estimate of drug-likeness (QED) is 0.111. The van der Waals surface area contributed by atoms with Gasteiger partial charge in [0.15, 0.2) is 0 Å². The predicted molar refractivity (Wildman–Crippen MR) is 174 cm³/mol. The second kappa shape index (κ2) is 15.1. The van der Waals surface area contributed by atoms with E-state index in [9.17, 15) is 18.1 Å². The third kappa shape index (κ3) is 8.36. The molecule has 0 aliphatic heterocycles. The van der Waals surface area contributed by atoms with Crippen LogP contribution in [-0.4, -0.2) is 62.5 Å². The highest BCUT2D eigenvalue weighted by atomic mass is 32.3. The molecule has 4 aliphatic carbocycles. The van der Waals surface area contributed by atoms with Gasteiger partial charge in [-0.05, 0) is 162 Å². The Morgan fingerprint density at radius 3 is 2.30 bits per heavy atom. The Kier molecular flexibility index (Phi) is 12.5. The minimum absolute atomic E-state index is 0.0152. The first kappa shape index (κ1) is 35.6. The van der Waals surface area contributed by atoms with Gasteiger partial charge in [-0.2, -0.15) is 8.42 Å². The summed E-state index contributed by atoms with van der Waals surface area (Å²) >= 11 is 0.